The molecule has 0 bridgehead atoms. The van der Waals surface area contributed by atoms with Gasteiger partial charge in [0.05, 0.1) is 5.60 Å². The number of rotatable bonds is 10. The Kier molecular flexibility index (Phi) is 10.7. The lowest BCUT2D eigenvalue weighted by Crippen LogP contribution is -2.44. The second-order valence-electron chi connectivity index (χ2n) is 9.58. The third kappa shape index (κ3) is 7.20. The third-order valence-corrected chi connectivity index (χ3v) is 8.18. The van der Waals surface area contributed by atoms with Gasteiger partial charge >= 0.3 is 0 Å². The molecule has 0 saturated carbocycles. The van der Waals surface area contributed by atoms with E-state index in [-0.39, 0.29) is 12.4 Å². The molecule has 198 valence electrons. The zero-order valence-electron chi connectivity index (χ0n) is 20.5. The van der Waals surface area contributed by atoms with Crippen molar-refractivity contribution >= 4 is 53.6 Å². The minimum atomic E-state index is -0.814. The van der Waals surface area contributed by atoms with E-state index >= 15 is 0 Å². The van der Waals surface area contributed by atoms with E-state index in [1.165, 1.54) is 0 Å². The Morgan fingerprint density at radius 3 is 1.76 bits per heavy atom. The van der Waals surface area contributed by atoms with E-state index < -0.39 is 11.0 Å². The first-order valence-electron chi connectivity index (χ1n) is 12.2. The second-order valence-corrected chi connectivity index (χ2v) is 10.9. The van der Waals surface area contributed by atoms with Gasteiger partial charge in [0.2, 0.25) is 6.41 Å². The maximum Gasteiger partial charge on any atom is 0.207 e. The highest BCUT2D eigenvalue weighted by Gasteiger charge is 2.36. The van der Waals surface area contributed by atoms with Crippen molar-refractivity contribution in [3.63, 3.8) is 0 Å². The van der Waals surface area contributed by atoms with Gasteiger partial charge in [0, 0.05) is 40.1 Å². The van der Waals surface area contributed by atoms with Gasteiger partial charge in [0.15, 0.2) is 0 Å². The van der Waals surface area contributed by atoms with E-state index in [0.29, 0.717) is 34.5 Å². The maximum absolute atomic E-state index is 11.3. The molecule has 1 fully saturated rings. The Morgan fingerprint density at radius 2 is 1.30 bits per heavy atom. The highest BCUT2D eigenvalue weighted by molar-refractivity contribution is 6.31. The lowest BCUT2D eigenvalue weighted by atomic mass is 9.71. The molecule has 4 nitrogen and oxygen atoms in total. The summed E-state index contributed by atoms with van der Waals surface area (Å²) < 4.78 is 0. The lowest BCUT2D eigenvalue weighted by molar-refractivity contribution is -0.109. The fourth-order valence-corrected chi connectivity index (χ4v) is 5.68. The van der Waals surface area contributed by atoms with E-state index in [1.807, 2.05) is 72.8 Å². The molecule has 3 aromatic carbocycles. The van der Waals surface area contributed by atoms with Crippen LogP contribution in [0.5, 0.6) is 0 Å². The predicted molar refractivity (Wildman–Crippen MR) is 155 cm³/mol. The Balaban J connectivity index is 0.00000380. The van der Waals surface area contributed by atoms with Crippen molar-refractivity contribution < 1.29 is 9.90 Å². The minimum Gasteiger partial charge on any atom is -0.385 e. The molecule has 1 aliphatic rings. The zero-order valence-corrected chi connectivity index (χ0v) is 23.6. The number of benzene rings is 3. The first kappa shape index (κ1) is 29.8. The number of carbonyl (C=O) groups is 1. The van der Waals surface area contributed by atoms with Gasteiger partial charge in [-0.15, -0.1) is 12.4 Å². The summed E-state index contributed by atoms with van der Waals surface area (Å²) >= 11 is 18.4. The van der Waals surface area contributed by atoms with Crippen LogP contribution in [-0.4, -0.2) is 42.6 Å². The van der Waals surface area contributed by atoms with E-state index in [2.05, 4.69) is 10.2 Å². The minimum absolute atomic E-state index is 0. The number of piperidine rings is 1. The molecule has 0 radical (unpaired) electrons. The van der Waals surface area contributed by atoms with Gasteiger partial charge in [0.1, 0.15) is 0 Å². The van der Waals surface area contributed by atoms with Crippen LogP contribution in [0.3, 0.4) is 0 Å². The fourth-order valence-electron chi connectivity index (χ4n) is 5.30. The Bertz CT molecular complexity index is 1080. The van der Waals surface area contributed by atoms with Gasteiger partial charge in [-0.2, -0.15) is 0 Å². The summed E-state index contributed by atoms with van der Waals surface area (Å²) in [5.74, 6) is 0. The van der Waals surface area contributed by atoms with Crippen LogP contribution in [0, 0.1) is 0 Å². The highest BCUT2D eigenvalue weighted by atomic mass is 35.5. The number of amides is 1. The summed E-state index contributed by atoms with van der Waals surface area (Å²) in [4.78, 5) is 13.8. The van der Waals surface area contributed by atoms with Crippen LogP contribution >= 0.6 is 47.2 Å². The molecular formula is C29H32Cl4N2O2. The number of likely N-dealkylation sites (tertiary alicyclic amines) is 1. The number of hydrogen-bond acceptors (Lipinski definition) is 3. The van der Waals surface area contributed by atoms with Crippen molar-refractivity contribution in [2.45, 2.75) is 36.7 Å². The molecule has 4 rings (SSSR count). The molecule has 1 aliphatic heterocycles. The molecule has 0 aromatic heterocycles. The molecule has 3 aromatic rings. The van der Waals surface area contributed by atoms with Gasteiger partial charge in [0.25, 0.3) is 0 Å². The fraction of sp³-hybridized carbons (Fsp3) is 0.345. The van der Waals surface area contributed by atoms with Crippen LogP contribution in [0.25, 0.3) is 0 Å². The van der Waals surface area contributed by atoms with Crippen LogP contribution in [0.2, 0.25) is 15.1 Å². The molecule has 37 heavy (non-hydrogen) atoms. The summed E-state index contributed by atoms with van der Waals surface area (Å²) in [6.07, 6.45) is 3.87. The Morgan fingerprint density at radius 1 is 0.838 bits per heavy atom. The van der Waals surface area contributed by atoms with Crippen LogP contribution in [0.4, 0.5) is 0 Å². The molecule has 0 spiro atoms. The molecular weight excluding hydrogens is 550 g/mol. The van der Waals surface area contributed by atoms with Crippen molar-refractivity contribution in [2.24, 2.45) is 0 Å². The van der Waals surface area contributed by atoms with E-state index in [4.69, 9.17) is 34.8 Å². The SMILES string of the molecule is Cl.O=CNCC(CCCN1CCC(O)(c2ccc(Cl)cc2)CC1)(c1ccc(Cl)cc1)c1ccc(Cl)cc1. The largest absolute Gasteiger partial charge is 0.385 e. The van der Waals surface area contributed by atoms with E-state index in [9.17, 15) is 9.90 Å². The number of aliphatic hydroxyl groups is 1. The van der Waals surface area contributed by atoms with Crippen LogP contribution in [0.15, 0.2) is 72.8 Å². The van der Waals surface area contributed by atoms with Gasteiger partial charge in [-0.25, -0.2) is 0 Å². The van der Waals surface area contributed by atoms with Crippen molar-refractivity contribution in [2.75, 3.05) is 26.2 Å². The molecule has 1 amide bonds. The maximum atomic E-state index is 11.3. The Hall–Kier alpha value is -1.79. The van der Waals surface area contributed by atoms with Gasteiger partial charge in [-0.1, -0.05) is 71.2 Å². The molecule has 2 N–H and O–H groups in total. The zero-order chi connectivity index (χ0) is 25.6. The predicted octanol–water partition coefficient (Wildman–Crippen LogP) is 6.86. The summed E-state index contributed by atoms with van der Waals surface area (Å²) in [6.45, 7) is 3.01. The number of nitrogens with zero attached hydrogens (tertiary/aromatic N) is 1. The quantitative estimate of drug-likeness (QED) is 0.257. The van der Waals surface area contributed by atoms with Crippen LogP contribution in [0.1, 0.15) is 42.4 Å². The third-order valence-electron chi connectivity index (χ3n) is 7.42. The number of hydrogen-bond donors (Lipinski definition) is 2. The molecule has 8 heteroatoms. The normalized spacial score (nSPS) is 15.6. The second kappa shape index (κ2) is 13.3. The standard InChI is InChI=1S/C29H31Cl3N2O2.ClH/c30-25-8-2-22(3-9-25)28(20-33-21-35,23-4-10-26(31)11-5-23)14-1-17-34-18-15-29(36,16-19-34)24-6-12-27(32)13-7-24;/h2-13,21,36H,1,14-20H2,(H,33,35);1H. The Labute approximate surface area is 240 Å². The highest BCUT2D eigenvalue weighted by Crippen LogP contribution is 2.38. The van der Waals surface area contributed by atoms with Gasteiger partial charge < -0.3 is 15.3 Å². The summed E-state index contributed by atoms with van der Waals surface area (Å²) in [5.41, 5.74) is 1.89. The summed E-state index contributed by atoms with van der Waals surface area (Å²) in [7, 11) is 0. The summed E-state index contributed by atoms with van der Waals surface area (Å²) in [5, 5.41) is 16.2. The number of nitrogens with one attached hydrogen (secondary N) is 1. The van der Waals surface area contributed by atoms with Crippen LogP contribution < -0.4 is 5.32 Å². The molecule has 1 heterocycles. The van der Waals surface area contributed by atoms with Gasteiger partial charge in [-0.3, -0.25) is 4.79 Å². The van der Waals surface area contributed by atoms with Crippen molar-refractivity contribution in [3.8, 4) is 0 Å². The molecule has 0 unspecified atom stereocenters. The molecule has 1 saturated heterocycles. The average Bonchev–Trinajstić information content (AvgIpc) is 2.89. The lowest BCUT2D eigenvalue weighted by Gasteiger charge is -2.40. The smallest absolute Gasteiger partial charge is 0.207 e. The molecule has 0 atom stereocenters. The number of carbonyl (C=O) groups excluding carboxylic acids is 1. The van der Waals surface area contributed by atoms with Gasteiger partial charge in [-0.05, 0) is 85.3 Å². The topological polar surface area (TPSA) is 52.6 Å². The van der Waals surface area contributed by atoms with Crippen molar-refractivity contribution in [1.29, 1.82) is 0 Å². The average molecular weight is 582 g/mol. The van der Waals surface area contributed by atoms with Crippen LogP contribution in [-0.2, 0) is 15.8 Å². The first-order valence-corrected chi connectivity index (χ1v) is 13.4. The van der Waals surface area contributed by atoms with Crippen molar-refractivity contribution in [1.82, 2.24) is 10.2 Å². The van der Waals surface area contributed by atoms with Crippen molar-refractivity contribution in [3.05, 3.63) is 105 Å². The first-order chi connectivity index (χ1) is 17.3. The monoisotopic (exact) mass is 580 g/mol. The number of halogens is 4. The summed E-state index contributed by atoms with van der Waals surface area (Å²) in [6, 6.07) is 23.2. The van der Waals surface area contributed by atoms with E-state index in [0.717, 1.165) is 55.6 Å². The van der Waals surface area contributed by atoms with E-state index in [1.54, 1.807) is 0 Å². The molecule has 0 aliphatic carbocycles.